The van der Waals surface area contributed by atoms with Crippen molar-refractivity contribution in [2.75, 3.05) is 13.2 Å². The summed E-state index contributed by atoms with van der Waals surface area (Å²) in [5.74, 6) is -1.49. The molecule has 1 saturated heterocycles. The van der Waals surface area contributed by atoms with E-state index < -0.39 is 11.6 Å². The van der Waals surface area contributed by atoms with E-state index in [2.05, 4.69) is 6.58 Å². The molecule has 0 aliphatic carbocycles. The van der Waals surface area contributed by atoms with Crippen LogP contribution in [0.25, 0.3) is 11.1 Å². The molecule has 2 aromatic rings. The summed E-state index contributed by atoms with van der Waals surface area (Å²) < 4.78 is 45.6. The first kappa shape index (κ1) is 21.5. The molecule has 3 nitrogen and oxygen atoms in total. The summed E-state index contributed by atoms with van der Waals surface area (Å²) in [5, 5.41) is 0. The minimum absolute atomic E-state index is 0.0455. The van der Waals surface area contributed by atoms with Crippen LogP contribution in [0, 0.1) is 17.6 Å². The second kappa shape index (κ2) is 10.5. The maximum atomic E-state index is 14.5. The predicted molar refractivity (Wildman–Crippen MR) is 110 cm³/mol. The van der Waals surface area contributed by atoms with Crippen LogP contribution < -0.4 is 4.74 Å². The summed E-state index contributed by atoms with van der Waals surface area (Å²) >= 11 is 0. The molecule has 5 heteroatoms. The van der Waals surface area contributed by atoms with Gasteiger partial charge in [0.15, 0.2) is 17.9 Å². The highest BCUT2D eigenvalue weighted by Crippen LogP contribution is 2.30. The van der Waals surface area contributed by atoms with Gasteiger partial charge in [0.1, 0.15) is 0 Å². The fraction of sp³-hybridized carbons (Fsp3) is 0.417. The van der Waals surface area contributed by atoms with Crippen molar-refractivity contribution >= 4 is 0 Å². The van der Waals surface area contributed by atoms with Gasteiger partial charge < -0.3 is 14.2 Å². The molecule has 2 unspecified atom stereocenters. The van der Waals surface area contributed by atoms with Gasteiger partial charge >= 0.3 is 0 Å². The second-order valence-electron chi connectivity index (χ2n) is 7.29. The van der Waals surface area contributed by atoms with Crippen LogP contribution in [-0.2, 0) is 16.1 Å². The maximum absolute atomic E-state index is 14.5. The van der Waals surface area contributed by atoms with E-state index >= 15 is 0 Å². The first-order chi connectivity index (χ1) is 14.1. The van der Waals surface area contributed by atoms with Crippen LogP contribution in [0.4, 0.5) is 8.78 Å². The van der Waals surface area contributed by atoms with Crippen molar-refractivity contribution in [3.05, 3.63) is 66.3 Å². The largest absolute Gasteiger partial charge is 0.490 e. The zero-order chi connectivity index (χ0) is 20.6. The topological polar surface area (TPSA) is 27.7 Å². The number of hydrogen-bond acceptors (Lipinski definition) is 3. The van der Waals surface area contributed by atoms with E-state index in [-0.39, 0.29) is 17.6 Å². The van der Waals surface area contributed by atoms with E-state index in [0.29, 0.717) is 31.3 Å². The third-order valence-electron chi connectivity index (χ3n) is 5.11. The third-order valence-corrected chi connectivity index (χ3v) is 5.11. The molecule has 1 fully saturated rings. The minimum atomic E-state index is -0.946. The van der Waals surface area contributed by atoms with Gasteiger partial charge in [0, 0.05) is 11.5 Å². The fourth-order valence-corrected chi connectivity index (χ4v) is 3.23. The van der Waals surface area contributed by atoms with Crippen molar-refractivity contribution < 1.29 is 23.0 Å². The summed E-state index contributed by atoms with van der Waals surface area (Å²) in [6, 6.07) is 10.3. The van der Waals surface area contributed by atoms with Crippen LogP contribution in [0.5, 0.6) is 5.75 Å². The molecule has 0 bridgehead atoms. The summed E-state index contributed by atoms with van der Waals surface area (Å²) in [7, 11) is 0. The lowest BCUT2D eigenvalue weighted by Gasteiger charge is -2.27. The van der Waals surface area contributed by atoms with E-state index in [1.165, 1.54) is 6.07 Å². The van der Waals surface area contributed by atoms with Gasteiger partial charge in [-0.25, -0.2) is 4.39 Å². The van der Waals surface area contributed by atoms with Gasteiger partial charge in [0.05, 0.1) is 19.8 Å². The maximum Gasteiger partial charge on any atom is 0.201 e. The normalized spacial score (nSPS) is 19.1. The Morgan fingerprint density at radius 2 is 1.90 bits per heavy atom. The van der Waals surface area contributed by atoms with Crippen LogP contribution in [0.2, 0.25) is 0 Å². The van der Waals surface area contributed by atoms with Crippen molar-refractivity contribution in [2.45, 2.75) is 45.5 Å². The van der Waals surface area contributed by atoms with Crippen molar-refractivity contribution in [3.63, 3.8) is 0 Å². The minimum Gasteiger partial charge on any atom is -0.490 e. The van der Waals surface area contributed by atoms with Gasteiger partial charge in [-0.05, 0) is 42.5 Å². The van der Waals surface area contributed by atoms with Gasteiger partial charge in [-0.2, -0.15) is 4.39 Å². The van der Waals surface area contributed by atoms with Crippen LogP contribution in [-0.4, -0.2) is 19.5 Å². The van der Waals surface area contributed by atoms with E-state index in [0.717, 1.165) is 31.2 Å². The number of hydrogen-bond donors (Lipinski definition) is 0. The Morgan fingerprint density at radius 1 is 1.10 bits per heavy atom. The Balaban J connectivity index is 1.59. The monoisotopic (exact) mass is 402 g/mol. The van der Waals surface area contributed by atoms with Gasteiger partial charge in [0.2, 0.25) is 5.82 Å². The fourth-order valence-electron chi connectivity index (χ4n) is 3.23. The van der Waals surface area contributed by atoms with Gasteiger partial charge in [-0.15, -0.1) is 6.58 Å². The number of ether oxygens (including phenoxy) is 3. The Labute approximate surface area is 171 Å². The van der Waals surface area contributed by atoms with Crippen LogP contribution in [0.3, 0.4) is 0 Å². The molecule has 0 aromatic heterocycles. The first-order valence-corrected chi connectivity index (χ1v) is 10.2. The Hall–Kier alpha value is -2.24. The Morgan fingerprint density at radius 3 is 2.55 bits per heavy atom. The summed E-state index contributed by atoms with van der Waals surface area (Å²) in [4.78, 5) is 0. The molecule has 0 N–H and O–H groups in total. The summed E-state index contributed by atoms with van der Waals surface area (Å²) in [5.41, 5.74) is 1.76. The molecule has 1 aliphatic heterocycles. The molecule has 29 heavy (non-hydrogen) atoms. The smallest absolute Gasteiger partial charge is 0.201 e. The van der Waals surface area contributed by atoms with Gasteiger partial charge in [-0.3, -0.25) is 0 Å². The molecule has 3 rings (SSSR count). The molecule has 0 radical (unpaired) electrons. The average Bonchev–Trinajstić information content (AvgIpc) is 2.76. The molecule has 0 spiro atoms. The van der Waals surface area contributed by atoms with Crippen molar-refractivity contribution in [1.29, 1.82) is 0 Å². The van der Waals surface area contributed by atoms with Crippen molar-refractivity contribution in [1.82, 2.24) is 0 Å². The SMILES string of the molecule is C=CC1CCC(OCc2ccc(-c3ccc(OCCCC)c(F)c3F)cc2)OC1. The Bertz CT molecular complexity index is 797. The lowest BCUT2D eigenvalue weighted by molar-refractivity contribution is -0.177. The highest BCUT2D eigenvalue weighted by molar-refractivity contribution is 5.65. The van der Waals surface area contributed by atoms with E-state index in [1.807, 2.05) is 25.1 Å². The van der Waals surface area contributed by atoms with E-state index in [1.54, 1.807) is 18.2 Å². The first-order valence-electron chi connectivity index (χ1n) is 10.2. The highest BCUT2D eigenvalue weighted by Gasteiger charge is 2.20. The molecule has 1 heterocycles. The predicted octanol–water partition coefficient (Wildman–Crippen LogP) is 6.27. The lowest BCUT2D eigenvalue weighted by Crippen LogP contribution is -2.27. The zero-order valence-electron chi connectivity index (χ0n) is 16.8. The van der Waals surface area contributed by atoms with Gasteiger partial charge in [0.25, 0.3) is 0 Å². The number of rotatable bonds is 9. The molecule has 156 valence electrons. The number of halogens is 2. The zero-order valence-corrected chi connectivity index (χ0v) is 16.8. The molecule has 1 aliphatic rings. The quantitative estimate of drug-likeness (QED) is 0.366. The van der Waals surface area contributed by atoms with E-state index in [9.17, 15) is 8.78 Å². The highest BCUT2D eigenvalue weighted by atomic mass is 19.2. The van der Waals surface area contributed by atoms with E-state index in [4.69, 9.17) is 14.2 Å². The molecule has 0 saturated carbocycles. The second-order valence-corrected chi connectivity index (χ2v) is 7.29. The third kappa shape index (κ3) is 5.64. The van der Waals surface area contributed by atoms with Crippen LogP contribution >= 0.6 is 0 Å². The van der Waals surface area contributed by atoms with Gasteiger partial charge in [-0.1, -0.05) is 43.7 Å². The molecule has 2 atom stereocenters. The van der Waals surface area contributed by atoms with Crippen molar-refractivity contribution in [3.8, 4) is 16.9 Å². The lowest BCUT2D eigenvalue weighted by atomic mass is 10.0. The van der Waals surface area contributed by atoms with Crippen molar-refractivity contribution in [2.24, 2.45) is 5.92 Å². The Kier molecular flexibility index (Phi) is 7.78. The summed E-state index contributed by atoms with van der Waals surface area (Å²) in [6.07, 6.45) is 5.29. The molecule has 0 amide bonds. The number of benzene rings is 2. The number of unbranched alkanes of at least 4 members (excludes halogenated alkanes) is 1. The molecular weight excluding hydrogens is 374 g/mol. The standard InChI is InChI=1S/C24H28F2O3/c1-3-5-14-27-21-12-11-20(23(25)24(21)26)19-9-6-18(7-10-19)16-29-22-13-8-17(4-2)15-28-22/h4,6-7,9-12,17,22H,2-3,5,8,13-16H2,1H3. The van der Waals surface area contributed by atoms with Crippen LogP contribution in [0.1, 0.15) is 38.2 Å². The summed E-state index contributed by atoms with van der Waals surface area (Å²) in [6.45, 7) is 7.22. The van der Waals surface area contributed by atoms with Crippen LogP contribution in [0.15, 0.2) is 49.1 Å². The average molecular weight is 402 g/mol. The molecule has 2 aromatic carbocycles. The molecular formula is C24H28F2O3.